The highest BCUT2D eigenvalue weighted by Gasteiger charge is 2.36. The number of alkyl halides is 3. The molecule has 0 radical (unpaired) electrons. The van der Waals surface area contributed by atoms with E-state index in [0.29, 0.717) is 37.1 Å². The number of halogens is 3. The van der Waals surface area contributed by atoms with Crippen LogP contribution in [0.3, 0.4) is 0 Å². The van der Waals surface area contributed by atoms with E-state index in [1.807, 2.05) is 0 Å². The fourth-order valence-corrected chi connectivity index (χ4v) is 3.14. The lowest BCUT2D eigenvalue weighted by atomic mass is 9.86. The number of piperidine rings is 1. The second kappa shape index (κ2) is 6.10. The van der Waals surface area contributed by atoms with Crippen molar-refractivity contribution in [2.24, 2.45) is 0 Å². The lowest BCUT2D eigenvalue weighted by molar-refractivity contribution is -0.138. The quantitative estimate of drug-likeness (QED) is 0.889. The van der Waals surface area contributed by atoms with Gasteiger partial charge >= 0.3 is 6.18 Å². The van der Waals surface area contributed by atoms with Crippen LogP contribution in [0.5, 0.6) is 0 Å². The average Bonchev–Trinajstić information content (AvgIpc) is 3.08. The lowest BCUT2D eigenvalue weighted by Crippen LogP contribution is -2.38. The molecule has 6 heteroatoms. The van der Waals surface area contributed by atoms with Crippen molar-refractivity contribution in [2.45, 2.75) is 24.9 Å². The number of nitrogens with zero attached hydrogens (tertiary/aromatic N) is 1. The van der Waals surface area contributed by atoms with E-state index in [9.17, 15) is 18.0 Å². The predicted molar refractivity (Wildman–Crippen MR) is 80.1 cm³/mol. The fourth-order valence-electron chi connectivity index (χ4n) is 3.14. The third-order valence-electron chi connectivity index (χ3n) is 4.33. The number of rotatable bonds is 2. The van der Waals surface area contributed by atoms with Gasteiger partial charge in [0.05, 0.1) is 11.1 Å². The Balaban J connectivity index is 1.72. The molecule has 1 saturated heterocycles. The first-order chi connectivity index (χ1) is 11.0. The minimum atomic E-state index is -4.34. The number of likely N-dealkylation sites (tertiary alicyclic amines) is 1. The Hall–Kier alpha value is -2.24. The van der Waals surface area contributed by atoms with E-state index in [1.165, 1.54) is 6.07 Å². The largest absolute Gasteiger partial charge is 0.416 e. The zero-order valence-electron chi connectivity index (χ0n) is 12.4. The maximum absolute atomic E-state index is 13.1. The second-order valence-electron chi connectivity index (χ2n) is 5.75. The van der Waals surface area contributed by atoms with E-state index in [4.69, 9.17) is 0 Å². The summed E-state index contributed by atoms with van der Waals surface area (Å²) >= 11 is 0. The number of H-pyrrole nitrogens is 1. The van der Waals surface area contributed by atoms with Crippen LogP contribution >= 0.6 is 0 Å². The van der Waals surface area contributed by atoms with Gasteiger partial charge in [-0.25, -0.2) is 0 Å². The van der Waals surface area contributed by atoms with Gasteiger partial charge in [-0.05, 0) is 36.5 Å². The molecular formula is C17H17F3N2O. The van der Waals surface area contributed by atoms with Crippen LogP contribution in [0.25, 0.3) is 0 Å². The molecule has 1 N–H and O–H groups in total. The minimum Gasteiger partial charge on any atom is -0.367 e. The Morgan fingerprint density at radius 3 is 2.43 bits per heavy atom. The monoisotopic (exact) mass is 322 g/mol. The molecule has 0 bridgehead atoms. The normalized spacial score (nSPS) is 16.6. The summed E-state index contributed by atoms with van der Waals surface area (Å²) in [6.07, 6.45) is 0.0636. The van der Waals surface area contributed by atoms with Gasteiger partial charge in [0.1, 0.15) is 0 Å². The van der Waals surface area contributed by atoms with Gasteiger partial charge < -0.3 is 9.88 Å². The summed E-state index contributed by atoms with van der Waals surface area (Å²) < 4.78 is 39.4. The maximum Gasteiger partial charge on any atom is 0.416 e. The zero-order chi connectivity index (χ0) is 16.4. The first-order valence-corrected chi connectivity index (χ1v) is 7.55. The second-order valence-corrected chi connectivity index (χ2v) is 5.75. The zero-order valence-corrected chi connectivity index (χ0v) is 12.4. The minimum absolute atomic E-state index is 0.0752. The highest BCUT2D eigenvalue weighted by atomic mass is 19.4. The standard InChI is InChI=1S/C17H17F3N2O/c18-17(19,20)15-4-2-1-3-14(15)12-6-9-22(10-7-12)16(23)13-5-8-21-11-13/h1-5,8,11-12,21H,6-7,9-10H2. The van der Waals surface area contributed by atoms with E-state index in [2.05, 4.69) is 4.98 Å². The van der Waals surface area contributed by atoms with Crippen LogP contribution in [0.4, 0.5) is 13.2 Å². The van der Waals surface area contributed by atoms with Gasteiger partial charge in [0.2, 0.25) is 0 Å². The molecule has 3 rings (SSSR count). The molecule has 2 heterocycles. The van der Waals surface area contributed by atoms with Gasteiger partial charge in [0.25, 0.3) is 5.91 Å². The molecule has 0 spiro atoms. The van der Waals surface area contributed by atoms with E-state index in [1.54, 1.807) is 35.5 Å². The van der Waals surface area contributed by atoms with E-state index >= 15 is 0 Å². The molecule has 1 fully saturated rings. The van der Waals surface area contributed by atoms with Crippen LogP contribution in [0.15, 0.2) is 42.7 Å². The van der Waals surface area contributed by atoms with Gasteiger partial charge in [0.15, 0.2) is 0 Å². The van der Waals surface area contributed by atoms with Gasteiger partial charge in [-0.2, -0.15) is 13.2 Å². The lowest BCUT2D eigenvalue weighted by Gasteiger charge is -2.33. The number of aromatic nitrogens is 1. The molecule has 122 valence electrons. The van der Waals surface area contributed by atoms with Crippen molar-refractivity contribution in [3.05, 3.63) is 59.4 Å². The summed E-state index contributed by atoms with van der Waals surface area (Å²) in [6, 6.07) is 7.44. The molecule has 1 aliphatic rings. The Labute approximate surface area is 132 Å². The fraction of sp³-hybridized carbons (Fsp3) is 0.353. The molecule has 0 unspecified atom stereocenters. The summed E-state index contributed by atoms with van der Waals surface area (Å²) in [5.41, 5.74) is 0.364. The summed E-state index contributed by atoms with van der Waals surface area (Å²) in [5.74, 6) is -0.239. The number of carbonyl (C=O) groups is 1. The first-order valence-electron chi connectivity index (χ1n) is 7.55. The summed E-state index contributed by atoms with van der Waals surface area (Å²) in [5, 5.41) is 0. The van der Waals surface area contributed by atoms with E-state index in [-0.39, 0.29) is 11.8 Å². The Morgan fingerprint density at radius 2 is 1.83 bits per heavy atom. The molecule has 0 atom stereocenters. The van der Waals surface area contributed by atoms with Crippen LogP contribution in [0, 0.1) is 0 Å². The Morgan fingerprint density at radius 1 is 1.13 bits per heavy atom. The number of hydrogen-bond acceptors (Lipinski definition) is 1. The van der Waals surface area contributed by atoms with Gasteiger partial charge in [-0.1, -0.05) is 18.2 Å². The number of benzene rings is 1. The van der Waals surface area contributed by atoms with Gasteiger partial charge in [-0.15, -0.1) is 0 Å². The van der Waals surface area contributed by atoms with Gasteiger partial charge in [-0.3, -0.25) is 4.79 Å². The van der Waals surface area contributed by atoms with Crippen molar-refractivity contribution in [3.8, 4) is 0 Å². The number of amides is 1. The third-order valence-corrected chi connectivity index (χ3v) is 4.33. The number of aromatic amines is 1. The highest BCUT2D eigenvalue weighted by Crippen LogP contribution is 2.38. The molecule has 0 saturated carbocycles. The number of hydrogen-bond donors (Lipinski definition) is 1. The average molecular weight is 322 g/mol. The SMILES string of the molecule is O=C(c1cc[nH]c1)N1CCC(c2ccccc2C(F)(F)F)CC1. The molecular weight excluding hydrogens is 305 g/mol. The maximum atomic E-state index is 13.1. The van der Waals surface area contributed by atoms with Crippen molar-refractivity contribution < 1.29 is 18.0 Å². The molecule has 2 aromatic rings. The topological polar surface area (TPSA) is 36.1 Å². The van der Waals surface area contributed by atoms with E-state index < -0.39 is 11.7 Å². The van der Waals surface area contributed by atoms with E-state index in [0.717, 1.165) is 6.07 Å². The molecule has 0 aliphatic carbocycles. The van der Waals surface area contributed by atoms with Gasteiger partial charge in [0, 0.05) is 25.5 Å². The number of nitrogens with one attached hydrogen (secondary N) is 1. The van der Waals surface area contributed by atoms with Crippen LogP contribution in [0.1, 0.15) is 40.2 Å². The van der Waals surface area contributed by atoms with Crippen LogP contribution in [0.2, 0.25) is 0 Å². The van der Waals surface area contributed by atoms with Crippen LogP contribution in [-0.2, 0) is 6.18 Å². The molecule has 3 nitrogen and oxygen atoms in total. The predicted octanol–water partition coefficient (Wildman–Crippen LogP) is 4.05. The third kappa shape index (κ3) is 3.25. The Kier molecular flexibility index (Phi) is 4.15. The molecule has 1 aromatic carbocycles. The van der Waals surface area contributed by atoms with Crippen molar-refractivity contribution >= 4 is 5.91 Å². The first kappa shape index (κ1) is 15.6. The smallest absolute Gasteiger partial charge is 0.367 e. The number of carbonyl (C=O) groups excluding carboxylic acids is 1. The molecule has 1 aromatic heterocycles. The highest BCUT2D eigenvalue weighted by molar-refractivity contribution is 5.94. The Bertz CT molecular complexity index is 671. The van der Waals surface area contributed by atoms with Crippen LogP contribution < -0.4 is 0 Å². The van der Waals surface area contributed by atoms with Crippen molar-refractivity contribution in [3.63, 3.8) is 0 Å². The summed E-state index contributed by atoms with van der Waals surface area (Å²) in [4.78, 5) is 16.8. The van der Waals surface area contributed by atoms with Crippen molar-refractivity contribution in [1.29, 1.82) is 0 Å². The molecule has 1 amide bonds. The summed E-state index contributed by atoms with van der Waals surface area (Å²) in [7, 11) is 0. The molecule has 1 aliphatic heterocycles. The van der Waals surface area contributed by atoms with Crippen molar-refractivity contribution in [2.75, 3.05) is 13.1 Å². The van der Waals surface area contributed by atoms with Crippen LogP contribution in [-0.4, -0.2) is 28.9 Å². The molecule has 23 heavy (non-hydrogen) atoms. The summed E-state index contributed by atoms with van der Waals surface area (Å²) in [6.45, 7) is 0.946. The van der Waals surface area contributed by atoms with Crippen molar-refractivity contribution in [1.82, 2.24) is 9.88 Å².